The fourth-order valence-electron chi connectivity index (χ4n) is 3.58. The molecule has 0 saturated carbocycles. The van der Waals surface area contributed by atoms with Crippen LogP contribution in [0.4, 0.5) is 0 Å². The van der Waals surface area contributed by atoms with Crippen LogP contribution < -0.4 is 4.74 Å². The number of hydrogen-bond donors (Lipinski definition) is 0. The molecule has 1 saturated heterocycles. The summed E-state index contributed by atoms with van der Waals surface area (Å²) in [7, 11) is 0. The quantitative estimate of drug-likeness (QED) is 0.582. The van der Waals surface area contributed by atoms with E-state index >= 15 is 0 Å². The molecule has 0 bridgehead atoms. The molecule has 4 rings (SSSR count). The Labute approximate surface area is 163 Å². The maximum absolute atomic E-state index is 12.7. The van der Waals surface area contributed by atoms with Gasteiger partial charge in [-0.3, -0.25) is 4.79 Å². The van der Waals surface area contributed by atoms with Crippen molar-refractivity contribution >= 4 is 5.78 Å². The highest BCUT2D eigenvalue weighted by molar-refractivity contribution is 5.98. The van der Waals surface area contributed by atoms with Gasteiger partial charge in [0.05, 0.1) is 6.10 Å². The highest BCUT2D eigenvalue weighted by Gasteiger charge is 2.21. The number of ether oxygens (including phenoxy) is 2. The molecular weight excluding hydrogens is 358 g/mol. The molecule has 0 N–H and O–H groups in total. The molecule has 146 valence electrons. The molecule has 1 aliphatic heterocycles. The molecule has 3 heterocycles. The SMILES string of the molecule is Cc1cc(C(=O)COc2ccc(-c3nnco3)cc2)c(C)n1C[C@@H]1CCCO1. The van der Waals surface area contributed by atoms with Gasteiger partial charge < -0.3 is 18.5 Å². The maximum atomic E-state index is 12.7. The zero-order chi connectivity index (χ0) is 19.5. The predicted molar refractivity (Wildman–Crippen MR) is 102 cm³/mol. The van der Waals surface area contributed by atoms with Crippen molar-refractivity contribution in [3.8, 4) is 17.2 Å². The zero-order valence-corrected chi connectivity index (χ0v) is 16.1. The molecule has 0 aliphatic carbocycles. The van der Waals surface area contributed by atoms with Gasteiger partial charge in [-0.25, -0.2) is 0 Å². The van der Waals surface area contributed by atoms with E-state index in [9.17, 15) is 4.79 Å². The molecule has 1 aliphatic rings. The number of benzene rings is 1. The third kappa shape index (κ3) is 3.84. The van der Waals surface area contributed by atoms with E-state index in [-0.39, 0.29) is 18.5 Å². The van der Waals surface area contributed by atoms with Crippen LogP contribution in [-0.4, -0.2) is 39.9 Å². The Hall–Kier alpha value is -2.93. The Bertz CT molecular complexity index is 939. The van der Waals surface area contributed by atoms with Gasteiger partial charge in [-0.15, -0.1) is 10.2 Å². The minimum atomic E-state index is -0.0346. The predicted octanol–water partition coefficient (Wildman–Crippen LogP) is 3.60. The van der Waals surface area contributed by atoms with Crippen molar-refractivity contribution in [3.63, 3.8) is 0 Å². The molecule has 3 aromatic rings. The van der Waals surface area contributed by atoms with E-state index in [0.29, 0.717) is 17.2 Å². The van der Waals surface area contributed by atoms with Crippen LogP contribution >= 0.6 is 0 Å². The van der Waals surface area contributed by atoms with Gasteiger partial charge in [0.15, 0.2) is 6.61 Å². The Morgan fingerprint density at radius 1 is 1.29 bits per heavy atom. The highest BCUT2D eigenvalue weighted by Crippen LogP contribution is 2.22. The Morgan fingerprint density at radius 3 is 2.79 bits per heavy atom. The van der Waals surface area contributed by atoms with E-state index < -0.39 is 0 Å². The molecule has 0 radical (unpaired) electrons. The van der Waals surface area contributed by atoms with E-state index in [1.54, 1.807) is 12.1 Å². The van der Waals surface area contributed by atoms with E-state index in [2.05, 4.69) is 14.8 Å². The monoisotopic (exact) mass is 381 g/mol. The van der Waals surface area contributed by atoms with Crippen LogP contribution in [0.1, 0.15) is 34.6 Å². The second-order valence-corrected chi connectivity index (χ2v) is 7.01. The topological polar surface area (TPSA) is 79.4 Å². The van der Waals surface area contributed by atoms with Crippen molar-refractivity contribution in [2.24, 2.45) is 0 Å². The van der Waals surface area contributed by atoms with Gasteiger partial charge in [0.25, 0.3) is 0 Å². The molecule has 1 fully saturated rings. The fraction of sp³-hybridized carbons (Fsp3) is 0.381. The van der Waals surface area contributed by atoms with Crippen LogP contribution in [0.3, 0.4) is 0 Å². The van der Waals surface area contributed by atoms with Crippen LogP contribution in [0.15, 0.2) is 41.1 Å². The summed E-state index contributed by atoms with van der Waals surface area (Å²) in [5.41, 5.74) is 3.54. The lowest BCUT2D eigenvalue weighted by molar-refractivity contribution is 0.0914. The number of carbonyl (C=O) groups excluding carboxylic acids is 1. The normalized spacial score (nSPS) is 16.4. The Kier molecular flexibility index (Phi) is 5.25. The molecule has 0 amide bonds. The summed E-state index contributed by atoms with van der Waals surface area (Å²) < 4.78 is 18.7. The van der Waals surface area contributed by atoms with Crippen LogP contribution in [0.25, 0.3) is 11.5 Å². The average molecular weight is 381 g/mol. The molecule has 28 heavy (non-hydrogen) atoms. The van der Waals surface area contributed by atoms with Crippen molar-refractivity contribution in [2.45, 2.75) is 39.3 Å². The number of rotatable bonds is 7. The number of ketones is 1. The smallest absolute Gasteiger partial charge is 0.247 e. The van der Waals surface area contributed by atoms with Gasteiger partial charge in [0.1, 0.15) is 5.75 Å². The lowest BCUT2D eigenvalue weighted by Crippen LogP contribution is -2.18. The lowest BCUT2D eigenvalue weighted by Gasteiger charge is -2.14. The summed E-state index contributed by atoms with van der Waals surface area (Å²) in [5.74, 6) is 1.03. The first-order valence-corrected chi connectivity index (χ1v) is 9.43. The molecule has 7 nitrogen and oxygen atoms in total. The molecule has 0 spiro atoms. The Balaban J connectivity index is 1.39. The zero-order valence-electron chi connectivity index (χ0n) is 16.1. The lowest BCUT2D eigenvalue weighted by atomic mass is 10.1. The maximum Gasteiger partial charge on any atom is 0.247 e. The third-order valence-electron chi connectivity index (χ3n) is 5.12. The minimum absolute atomic E-state index is 0.00980. The summed E-state index contributed by atoms with van der Waals surface area (Å²) in [6, 6.07) is 9.15. The molecule has 2 aromatic heterocycles. The van der Waals surface area contributed by atoms with Gasteiger partial charge in [-0.1, -0.05) is 0 Å². The van der Waals surface area contributed by atoms with E-state index in [1.807, 2.05) is 32.0 Å². The van der Waals surface area contributed by atoms with Crippen molar-refractivity contribution in [2.75, 3.05) is 13.2 Å². The van der Waals surface area contributed by atoms with Crippen LogP contribution in [-0.2, 0) is 11.3 Å². The standard InChI is InChI=1S/C21H23N3O4/c1-14-10-19(15(2)24(14)11-18-4-3-9-26-18)20(25)12-27-17-7-5-16(6-8-17)21-23-22-13-28-21/h5-8,10,13,18H,3-4,9,11-12H2,1-2H3/t18-/m0/s1. The van der Waals surface area contributed by atoms with Crippen molar-refractivity contribution in [3.05, 3.63) is 53.7 Å². The van der Waals surface area contributed by atoms with E-state index in [1.165, 1.54) is 6.39 Å². The molecular formula is C21H23N3O4. The summed E-state index contributed by atoms with van der Waals surface area (Å²) in [6.07, 6.45) is 3.70. The number of nitrogens with zero attached hydrogens (tertiary/aromatic N) is 3. The number of aryl methyl sites for hydroxylation is 1. The second kappa shape index (κ2) is 7.98. The molecule has 1 atom stereocenters. The first-order chi connectivity index (χ1) is 13.6. The largest absolute Gasteiger partial charge is 0.485 e. The number of hydrogen-bond acceptors (Lipinski definition) is 6. The van der Waals surface area contributed by atoms with Gasteiger partial charge in [-0.2, -0.15) is 0 Å². The second-order valence-electron chi connectivity index (χ2n) is 7.01. The van der Waals surface area contributed by atoms with Crippen molar-refractivity contribution in [1.82, 2.24) is 14.8 Å². The van der Waals surface area contributed by atoms with E-state index in [4.69, 9.17) is 13.9 Å². The summed E-state index contributed by atoms with van der Waals surface area (Å²) >= 11 is 0. The molecule has 0 unspecified atom stereocenters. The summed E-state index contributed by atoms with van der Waals surface area (Å²) in [4.78, 5) is 12.7. The number of aromatic nitrogens is 3. The van der Waals surface area contributed by atoms with E-state index in [0.717, 1.165) is 42.9 Å². The minimum Gasteiger partial charge on any atom is -0.485 e. The molecule has 1 aromatic carbocycles. The van der Waals surface area contributed by atoms with Gasteiger partial charge >= 0.3 is 0 Å². The first-order valence-electron chi connectivity index (χ1n) is 9.43. The van der Waals surface area contributed by atoms with Crippen LogP contribution in [0, 0.1) is 13.8 Å². The number of carbonyl (C=O) groups is 1. The first kappa shape index (κ1) is 18.4. The highest BCUT2D eigenvalue weighted by atomic mass is 16.5. The van der Waals surface area contributed by atoms with Gasteiger partial charge in [0.2, 0.25) is 18.1 Å². The summed E-state index contributed by atoms with van der Waals surface area (Å²) in [6.45, 7) is 5.62. The molecule has 7 heteroatoms. The van der Waals surface area contributed by atoms with Gasteiger partial charge in [-0.05, 0) is 57.0 Å². The summed E-state index contributed by atoms with van der Waals surface area (Å²) in [5, 5.41) is 7.53. The third-order valence-corrected chi connectivity index (χ3v) is 5.12. The van der Waals surface area contributed by atoms with Crippen LogP contribution in [0.2, 0.25) is 0 Å². The average Bonchev–Trinajstić information content (AvgIpc) is 3.46. The van der Waals surface area contributed by atoms with Crippen LogP contribution in [0.5, 0.6) is 5.75 Å². The number of Topliss-reactive ketones (excluding diaryl/α,β-unsaturated/α-hetero) is 1. The Morgan fingerprint density at radius 2 is 2.11 bits per heavy atom. The fourth-order valence-corrected chi connectivity index (χ4v) is 3.58. The van der Waals surface area contributed by atoms with Gasteiger partial charge in [0, 0.05) is 35.7 Å². The van der Waals surface area contributed by atoms with Crippen molar-refractivity contribution < 1.29 is 18.7 Å². The van der Waals surface area contributed by atoms with Crippen molar-refractivity contribution in [1.29, 1.82) is 0 Å².